The highest BCUT2D eigenvalue weighted by molar-refractivity contribution is 5.92. The van der Waals surface area contributed by atoms with Crippen LogP contribution in [0.2, 0.25) is 0 Å². The molecule has 5 rings (SSSR count). The predicted octanol–water partition coefficient (Wildman–Crippen LogP) is 3.19. The molecule has 7 nitrogen and oxygen atoms in total. The van der Waals surface area contributed by atoms with Crippen LogP contribution < -0.4 is 15.6 Å². The van der Waals surface area contributed by atoms with Gasteiger partial charge in [-0.3, -0.25) is 14.5 Å². The molecule has 7 heteroatoms. The molecule has 0 atom stereocenters. The van der Waals surface area contributed by atoms with Crippen molar-refractivity contribution < 1.29 is 4.74 Å². The maximum absolute atomic E-state index is 13.1. The molecule has 1 saturated heterocycles. The van der Waals surface area contributed by atoms with E-state index in [1.165, 1.54) is 0 Å². The number of fused-ring (bicyclic) bond motifs is 2. The number of piperidine rings is 1. The van der Waals surface area contributed by atoms with Gasteiger partial charge in [-0.05, 0) is 56.4 Å². The SMILES string of the molecule is COc1c(-c2cc3ccn(C4CCNCC4)c(=O)c3cn2)cc2cn(C)nc2c1C. The first-order valence-corrected chi connectivity index (χ1v) is 10.3. The Labute approximate surface area is 174 Å². The fourth-order valence-electron chi connectivity index (χ4n) is 4.56. The third-order valence-electron chi connectivity index (χ3n) is 6.10. The lowest BCUT2D eigenvalue weighted by atomic mass is 10.0. The molecule has 4 heterocycles. The van der Waals surface area contributed by atoms with Crippen LogP contribution >= 0.6 is 0 Å². The first-order valence-electron chi connectivity index (χ1n) is 10.3. The van der Waals surface area contributed by atoms with Crippen molar-refractivity contribution in [1.29, 1.82) is 0 Å². The summed E-state index contributed by atoms with van der Waals surface area (Å²) in [5.41, 5.74) is 3.62. The number of hydrogen-bond donors (Lipinski definition) is 1. The van der Waals surface area contributed by atoms with Gasteiger partial charge in [0.1, 0.15) is 5.75 Å². The Hall–Kier alpha value is -3.19. The molecular formula is C23H25N5O2. The lowest BCUT2D eigenvalue weighted by Crippen LogP contribution is -2.34. The number of hydrogen-bond acceptors (Lipinski definition) is 5. The summed E-state index contributed by atoms with van der Waals surface area (Å²) in [6.45, 7) is 3.90. The number of nitrogens with zero attached hydrogens (tertiary/aromatic N) is 4. The molecule has 4 aromatic rings. The first kappa shape index (κ1) is 18.8. The van der Waals surface area contributed by atoms with Crippen LogP contribution in [0.5, 0.6) is 5.75 Å². The Balaban J connectivity index is 1.64. The maximum atomic E-state index is 13.1. The average Bonchev–Trinajstić information content (AvgIpc) is 3.15. The van der Waals surface area contributed by atoms with E-state index in [-0.39, 0.29) is 11.6 Å². The van der Waals surface area contributed by atoms with Crippen molar-refractivity contribution in [1.82, 2.24) is 24.6 Å². The number of aromatic nitrogens is 4. The summed E-state index contributed by atoms with van der Waals surface area (Å²) in [7, 11) is 3.58. The summed E-state index contributed by atoms with van der Waals surface area (Å²) in [6, 6.07) is 6.30. The number of rotatable bonds is 3. The third kappa shape index (κ3) is 2.97. The van der Waals surface area contributed by atoms with E-state index in [0.717, 1.165) is 64.8 Å². The summed E-state index contributed by atoms with van der Waals surface area (Å²) < 4.78 is 9.40. The van der Waals surface area contributed by atoms with Gasteiger partial charge in [-0.25, -0.2) is 0 Å². The highest BCUT2D eigenvalue weighted by Gasteiger charge is 2.19. The van der Waals surface area contributed by atoms with Crippen molar-refractivity contribution in [2.24, 2.45) is 7.05 Å². The number of methoxy groups -OCH3 is 1. The normalized spacial score (nSPS) is 15.2. The van der Waals surface area contributed by atoms with Crippen LogP contribution in [0.15, 0.2) is 41.6 Å². The van der Waals surface area contributed by atoms with Gasteiger partial charge >= 0.3 is 0 Å². The minimum atomic E-state index is 0.0318. The summed E-state index contributed by atoms with van der Waals surface area (Å²) in [6.07, 6.45) is 7.56. The number of pyridine rings is 2. The number of aryl methyl sites for hydroxylation is 2. The van der Waals surface area contributed by atoms with E-state index in [1.807, 2.05) is 43.1 Å². The number of benzene rings is 1. The van der Waals surface area contributed by atoms with Crippen molar-refractivity contribution in [2.45, 2.75) is 25.8 Å². The smallest absolute Gasteiger partial charge is 0.260 e. The molecule has 0 amide bonds. The standard InChI is InChI=1S/C23H25N5O2/c1-14-21-16(13-27(2)26-21)10-18(22(14)30-3)20-11-15-6-9-28(17-4-7-24-8-5-17)23(29)19(15)12-25-20/h6,9-13,17,24H,4-5,7-8H2,1-3H3. The molecule has 0 aliphatic carbocycles. The van der Waals surface area contributed by atoms with Crippen LogP contribution in [-0.2, 0) is 7.05 Å². The van der Waals surface area contributed by atoms with Gasteiger partial charge in [-0.15, -0.1) is 0 Å². The van der Waals surface area contributed by atoms with Gasteiger partial charge in [-0.2, -0.15) is 5.10 Å². The van der Waals surface area contributed by atoms with Gasteiger partial charge in [-0.1, -0.05) is 0 Å². The molecule has 0 unspecified atom stereocenters. The zero-order valence-electron chi connectivity index (χ0n) is 17.5. The van der Waals surface area contributed by atoms with Crippen LogP contribution in [0.25, 0.3) is 32.9 Å². The molecule has 0 bridgehead atoms. The van der Waals surface area contributed by atoms with E-state index >= 15 is 0 Å². The molecular weight excluding hydrogens is 378 g/mol. The van der Waals surface area contributed by atoms with Gasteiger partial charge in [0.25, 0.3) is 5.56 Å². The minimum absolute atomic E-state index is 0.0318. The Morgan fingerprint density at radius 3 is 2.77 bits per heavy atom. The summed E-state index contributed by atoms with van der Waals surface area (Å²) in [4.78, 5) is 17.8. The molecule has 1 N–H and O–H groups in total. The predicted molar refractivity (Wildman–Crippen MR) is 118 cm³/mol. The van der Waals surface area contributed by atoms with E-state index in [4.69, 9.17) is 4.74 Å². The summed E-state index contributed by atoms with van der Waals surface area (Å²) in [5.74, 6) is 0.760. The molecule has 154 valence electrons. The monoisotopic (exact) mass is 403 g/mol. The first-order chi connectivity index (χ1) is 14.6. The summed E-state index contributed by atoms with van der Waals surface area (Å²) >= 11 is 0. The molecule has 1 aliphatic rings. The van der Waals surface area contributed by atoms with E-state index < -0.39 is 0 Å². The lowest BCUT2D eigenvalue weighted by molar-refractivity contribution is 0.362. The zero-order valence-corrected chi connectivity index (χ0v) is 17.5. The molecule has 1 aromatic carbocycles. The molecule has 1 fully saturated rings. The second kappa shape index (κ2) is 7.25. The van der Waals surface area contributed by atoms with Gasteiger partial charge in [0.15, 0.2) is 0 Å². The Bertz CT molecular complexity index is 1310. The van der Waals surface area contributed by atoms with Crippen molar-refractivity contribution in [3.8, 4) is 17.0 Å². The maximum Gasteiger partial charge on any atom is 0.260 e. The fourth-order valence-corrected chi connectivity index (χ4v) is 4.56. The van der Waals surface area contributed by atoms with Crippen LogP contribution in [0.3, 0.4) is 0 Å². The van der Waals surface area contributed by atoms with Crippen LogP contribution in [0, 0.1) is 6.92 Å². The van der Waals surface area contributed by atoms with Crippen LogP contribution in [0.4, 0.5) is 0 Å². The third-order valence-corrected chi connectivity index (χ3v) is 6.10. The topological polar surface area (TPSA) is 74.0 Å². The Morgan fingerprint density at radius 1 is 1.20 bits per heavy atom. The van der Waals surface area contributed by atoms with Gasteiger partial charge < -0.3 is 14.6 Å². The Morgan fingerprint density at radius 2 is 2.00 bits per heavy atom. The molecule has 0 saturated carbocycles. The van der Waals surface area contributed by atoms with E-state index in [0.29, 0.717) is 5.39 Å². The van der Waals surface area contributed by atoms with Crippen LogP contribution in [0.1, 0.15) is 24.4 Å². The molecule has 0 spiro atoms. The largest absolute Gasteiger partial charge is 0.496 e. The summed E-state index contributed by atoms with van der Waals surface area (Å²) in [5, 5.41) is 10.5. The number of ether oxygens (including phenoxy) is 1. The second-order valence-electron chi connectivity index (χ2n) is 7.99. The van der Waals surface area contributed by atoms with Gasteiger partial charge in [0.05, 0.1) is 23.7 Å². The second-order valence-corrected chi connectivity index (χ2v) is 7.99. The van der Waals surface area contributed by atoms with Gasteiger partial charge in [0.2, 0.25) is 0 Å². The quantitative estimate of drug-likeness (QED) is 0.569. The van der Waals surface area contributed by atoms with Crippen molar-refractivity contribution in [3.63, 3.8) is 0 Å². The minimum Gasteiger partial charge on any atom is -0.496 e. The van der Waals surface area contributed by atoms with Crippen molar-refractivity contribution in [2.75, 3.05) is 20.2 Å². The van der Waals surface area contributed by atoms with Gasteiger partial charge in [0, 0.05) is 48.2 Å². The lowest BCUT2D eigenvalue weighted by Gasteiger charge is -2.25. The van der Waals surface area contributed by atoms with E-state index in [1.54, 1.807) is 18.0 Å². The van der Waals surface area contributed by atoms with E-state index in [2.05, 4.69) is 21.5 Å². The fraction of sp³-hybridized carbons (Fsp3) is 0.348. The zero-order chi connectivity index (χ0) is 20.8. The molecule has 3 aromatic heterocycles. The highest BCUT2D eigenvalue weighted by Crippen LogP contribution is 2.37. The molecule has 1 aliphatic heterocycles. The van der Waals surface area contributed by atoms with E-state index in [9.17, 15) is 4.79 Å². The highest BCUT2D eigenvalue weighted by atomic mass is 16.5. The van der Waals surface area contributed by atoms with Crippen LogP contribution in [-0.4, -0.2) is 39.5 Å². The molecule has 30 heavy (non-hydrogen) atoms. The number of nitrogens with one attached hydrogen (secondary N) is 1. The average molecular weight is 403 g/mol. The van der Waals surface area contributed by atoms with Crippen molar-refractivity contribution in [3.05, 3.63) is 52.7 Å². The molecule has 0 radical (unpaired) electrons. The Kier molecular flexibility index (Phi) is 4.55. The van der Waals surface area contributed by atoms with Crippen molar-refractivity contribution >= 4 is 21.7 Å².